The second-order valence-electron chi connectivity index (χ2n) is 7.29. The van der Waals surface area contributed by atoms with Gasteiger partial charge < -0.3 is 10.1 Å². The van der Waals surface area contributed by atoms with E-state index in [1.807, 2.05) is 32.0 Å². The standard InChI is InChI=1S/C23H32N2O4S/c1-5-25(30(27,28)6-2)21-14-12-20(13-15-21)23(26)24-16-8-10-19-9-7-11-22(17-19)29-18(3)4/h7,9,11-15,17-18H,5-6,8,10,16H2,1-4H3,(H,24,26). The topological polar surface area (TPSA) is 75.7 Å². The highest BCUT2D eigenvalue weighted by Crippen LogP contribution is 2.19. The van der Waals surface area contributed by atoms with Crippen LogP contribution < -0.4 is 14.4 Å². The predicted octanol–water partition coefficient (Wildman–Crippen LogP) is 4.01. The highest BCUT2D eigenvalue weighted by Gasteiger charge is 2.18. The molecule has 0 saturated heterocycles. The average molecular weight is 433 g/mol. The van der Waals surface area contributed by atoms with E-state index in [0.29, 0.717) is 24.3 Å². The fourth-order valence-electron chi connectivity index (χ4n) is 3.12. The van der Waals surface area contributed by atoms with Crippen LogP contribution in [-0.2, 0) is 16.4 Å². The number of carbonyl (C=O) groups is 1. The average Bonchev–Trinajstić information content (AvgIpc) is 2.71. The van der Waals surface area contributed by atoms with Crippen molar-refractivity contribution in [3.8, 4) is 5.75 Å². The normalized spacial score (nSPS) is 11.4. The smallest absolute Gasteiger partial charge is 0.251 e. The highest BCUT2D eigenvalue weighted by molar-refractivity contribution is 7.92. The van der Waals surface area contributed by atoms with E-state index in [-0.39, 0.29) is 17.8 Å². The zero-order chi connectivity index (χ0) is 22.1. The monoisotopic (exact) mass is 432 g/mol. The van der Waals surface area contributed by atoms with Crippen molar-refractivity contribution in [2.75, 3.05) is 23.1 Å². The number of aryl methyl sites for hydroxylation is 1. The Hall–Kier alpha value is -2.54. The summed E-state index contributed by atoms with van der Waals surface area (Å²) in [6.45, 7) is 8.31. The summed E-state index contributed by atoms with van der Waals surface area (Å²) < 4.78 is 31.4. The quantitative estimate of drug-likeness (QED) is 0.544. The number of carbonyl (C=O) groups excluding carboxylic acids is 1. The van der Waals surface area contributed by atoms with Crippen molar-refractivity contribution in [2.24, 2.45) is 0 Å². The van der Waals surface area contributed by atoms with Gasteiger partial charge in [-0.1, -0.05) is 12.1 Å². The van der Waals surface area contributed by atoms with Gasteiger partial charge in [-0.25, -0.2) is 8.42 Å². The Morgan fingerprint density at radius 1 is 1.10 bits per heavy atom. The Morgan fingerprint density at radius 2 is 1.80 bits per heavy atom. The molecule has 2 aromatic rings. The van der Waals surface area contributed by atoms with Crippen molar-refractivity contribution in [3.63, 3.8) is 0 Å². The molecule has 164 valence electrons. The third-order valence-corrected chi connectivity index (χ3v) is 6.47. The van der Waals surface area contributed by atoms with E-state index in [4.69, 9.17) is 4.74 Å². The molecule has 2 rings (SSSR count). The summed E-state index contributed by atoms with van der Waals surface area (Å²) in [6, 6.07) is 14.7. The lowest BCUT2D eigenvalue weighted by molar-refractivity contribution is 0.0953. The number of benzene rings is 2. The van der Waals surface area contributed by atoms with Gasteiger partial charge in [-0.2, -0.15) is 0 Å². The molecule has 0 aliphatic heterocycles. The zero-order valence-electron chi connectivity index (χ0n) is 18.2. The van der Waals surface area contributed by atoms with Crippen molar-refractivity contribution >= 4 is 21.6 Å². The SMILES string of the molecule is CCN(c1ccc(C(=O)NCCCc2cccc(OC(C)C)c2)cc1)S(=O)(=O)CC. The predicted molar refractivity (Wildman–Crippen MR) is 122 cm³/mol. The minimum Gasteiger partial charge on any atom is -0.491 e. The number of nitrogens with zero attached hydrogens (tertiary/aromatic N) is 1. The van der Waals surface area contributed by atoms with Gasteiger partial charge in [0.2, 0.25) is 10.0 Å². The molecule has 1 amide bonds. The molecule has 0 atom stereocenters. The first kappa shape index (κ1) is 23.7. The van der Waals surface area contributed by atoms with Gasteiger partial charge in [-0.15, -0.1) is 0 Å². The summed E-state index contributed by atoms with van der Waals surface area (Å²) in [6.07, 6.45) is 1.79. The first-order chi connectivity index (χ1) is 14.3. The summed E-state index contributed by atoms with van der Waals surface area (Å²) in [5.41, 5.74) is 2.25. The van der Waals surface area contributed by atoms with Gasteiger partial charge in [-0.3, -0.25) is 9.10 Å². The Morgan fingerprint density at radius 3 is 2.40 bits per heavy atom. The lowest BCUT2D eigenvalue weighted by atomic mass is 10.1. The maximum Gasteiger partial charge on any atom is 0.251 e. The highest BCUT2D eigenvalue weighted by atomic mass is 32.2. The fraction of sp³-hybridized carbons (Fsp3) is 0.435. The Balaban J connectivity index is 1.87. The molecule has 0 aliphatic rings. The third-order valence-electron chi connectivity index (χ3n) is 4.60. The van der Waals surface area contributed by atoms with Gasteiger partial charge in [0.1, 0.15) is 5.75 Å². The second kappa shape index (κ2) is 11.0. The first-order valence-corrected chi connectivity index (χ1v) is 12.0. The van der Waals surface area contributed by atoms with Crippen LogP contribution in [0.1, 0.15) is 50.0 Å². The summed E-state index contributed by atoms with van der Waals surface area (Å²) in [5, 5.41) is 2.92. The van der Waals surface area contributed by atoms with Crippen LogP contribution in [-0.4, -0.2) is 39.3 Å². The summed E-state index contributed by atoms with van der Waals surface area (Å²) in [7, 11) is -3.33. The van der Waals surface area contributed by atoms with E-state index in [9.17, 15) is 13.2 Å². The molecule has 0 saturated carbocycles. The van der Waals surface area contributed by atoms with Crippen molar-refractivity contribution < 1.29 is 17.9 Å². The van der Waals surface area contributed by atoms with Crippen LogP contribution in [0.4, 0.5) is 5.69 Å². The van der Waals surface area contributed by atoms with Gasteiger partial charge in [0, 0.05) is 18.7 Å². The summed E-state index contributed by atoms with van der Waals surface area (Å²) >= 11 is 0. The molecule has 0 aromatic heterocycles. The van der Waals surface area contributed by atoms with Crippen LogP contribution in [0.5, 0.6) is 5.75 Å². The maximum atomic E-state index is 12.4. The van der Waals surface area contributed by atoms with E-state index in [1.165, 1.54) is 9.87 Å². The van der Waals surface area contributed by atoms with Crippen molar-refractivity contribution in [1.29, 1.82) is 0 Å². The summed E-state index contributed by atoms with van der Waals surface area (Å²) in [5.74, 6) is 0.730. The zero-order valence-corrected chi connectivity index (χ0v) is 19.0. The molecule has 6 nitrogen and oxygen atoms in total. The molecular weight excluding hydrogens is 400 g/mol. The molecule has 1 N–H and O–H groups in total. The second-order valence-corrected chi connectivity index (χ2v) is 9.47. The molecule has 30 heavy (non-hydrogen) atoms. The van der Waals surface area contributed by atoms with Gasteiger partial charge in [0.05, 0.1) is 17.5 Å². The van der Waals surface area contributed by atoms with E-state index < -0.39 is 10.0 Å². The number of rotatable bonds is 11. The van der Waals surface area contributed by atoms with Gasteiger partial charge in [0.15, 0.2) is 0 Å². The third kappa shape index (κ3) is 6.76. The molecule has 0 radical (unpaired) electrons. The molecule has 7 heteroatoms. The Labute approximate surface area is 180 Å². The van der Waals surface area contributed by atoms with Crippen LogP contribution in [0.2, 0.25) is 0 Å². The number of anilines is 1. The first-order valence-electron chi connectivity index (χ1n) is 10.4. The number of amides is 1. The molecular formula is C23H32N2O4S. The number of nitrogens with one attached hydrogen (secondary N) is 1. The molecule has 0 spiro atoms. The Bertz CT molecular complexity index is 924. The lowest BCUT2D eigenvalue weighted by Crippen LogP contribution is -2.32. The van der Waals surface area contributed by atoms with Crippen LogP contribution >= 0.6 is 0 Å². The minimum atomic E-state index is -3.33. The number of hydrogen-bond acceptors (Lipinski definition) is 4. The Kier molecular flexibility index (Phi) is 8.72. The van der Waals surface area contributed by atoms with Gasteiger partial charge in [0.25, 0.3) is 5.91 Å². The van der Waals surface area contributed by atoms with Crippen LogP contribution in [0, 0.1) is 0 Å². The fourth-order valence-corrected chi connectivity index (χ4v) is 4.27. The minimum absolute atomic E-state index is 0.0373. The van der Waals surface area contributed by atoms with Crippen LogP contribution in [0.15, 0.2) is 48.5 Å². The van der Waals surface area contributed by atoms with Crippen molar-refractivity contribution in [2.45, 2.75) is 46.6 Å². The lowest BCUT2D eigenvalue weighted by Gasteiger charge is -2.22. The van der Waals surface area contributed by atoms with Gasteiger partial charge >= 0.3 is 0 Å². The van der Waals surface area contributed by atoms with Gasteiger partial charge in [-0.05, 0) is 82.5 Å². The van der Waals surface area contributed by atoms with E-state index >= 15 is 0 Å². The largest absolute Gasteiger partial charge is 0.491 e. The molecule has 0 unspecified atom stereocenters. The van der Waals surface area contributed by atoms with E-state index in [0.717, 1.165) is 18.6 Å². The molecule has 0 bridgehead atoms. The summed E-state index contributed by atoms with van der Waals surface area (Å²) in [4.78, 5) is 12.4. The van der Waals surface area contributed by atoms with Crippen LogP contribution in [0.3, 0.4) is 0 Å². The van der Waals surface area contributed by atoms with E-state index in [2.05, 4.69) is 11.4 Å². The van der Waals surface area contributed by atoms with Crippen molar-refractivity contribution in [3.05, 3.63) is 59.7 Å². The molecule has 0 heterocycles. The maximum absolute atomic E-state index is 12.4. The molecule has 0 fully saturated rings. The number of ether oxygens (including phenoxy) is 1. The molecule has 2 aromatic carbocycles. The van der Waals surface area contributed by atoms with Crippen LogP contribution in [0.25, 0.3) is 0 Å². The van der Waals surface area contributed by atoms with E-state index in [1.54, 1.807) is 38.1 Å². The number of hydrogen-bond donors (Lipinski definition) is 1. The molecule has 0 aliphatic carbocycles. The number of sulfonamides is 1. The van der Waals surface area contributed by atoms with Crippen molar-refractivity contribution in [1.82, 2.24) is 5.32 Å².